The summed E-state index contributed by atoms with van der Waals surface area (Å²) in [5.74, 6) is -0.591. The molecule has 2 aromatic rings. The van der Waals surface area contributed by atoms with E-state index in [1.165, 1.54) is 0 Å². The van der Waals surface area contributed by atoms with Crippen LogP contribution in [0.2, 0.25) is 0 Å². The molecule has 5 rings (SSSR count). The minimum Gasteiger partial charge on any atom is -0.352 e. The maximum Gasteiger partial charge on any atom is 0.250 e. The van der Waals surface area contributed by atoms with Gasteiger partial charge in [0.25, 0.3) is 0 Å². The summed E-state index contributed by atoms with van der Waals surface area (Å²) in [6.45, 7) is 1.22. The first kappa shape index (κ1) is 17.9. The van der Waals surface area contributed by atoms with Gasteiger partial charge in [0, 0.05) is 23.8 Å². The molecule has 2 amide bonds. The Bertz CT molecular complexity index is 1030. The molecule has 0 bridgehead atoms. The maximum absolute atomic E-state index is 13.3. The van der Waals surface area contributed by atoms with Crippen molar-refractivity contribution in [3.8, 4) is 6.07 Å². The average molecular weight is 386 g/mol. The third-order valence-corrected chi connectivity index (χ3v) is 6.64. The Morgan fingerprint density at radius 1 is 1.24 bits per heavy atom. The van der Waals surface area contributed by atoms with E-state index in [1.54, 1.807) is 12.1 Å². The first-order chi connectivity index (χ1) is 14.1. The van der Waals surface area contributed by atoms with Gasteiger partial charge in [-0.15, -0.1) is 0 Å². The summed E-state index contributed by atoms with van der Waals surface area (Å²) >= 11 is 0. The second-order valence-corrected chi connectivity index (χ2v) is 8.07. The van der Waals surface area contributed by atoms with Crippen molar-refractivity contribution in [2.24, 2.45) is 5.92 Å². The van der Waals surface area contributed by atoms with Gasteiger partial charge in [-0.1, -0.05) is 30.3 Å². The predicted molar refractivity (Wildman–Crippen MR) is 108 cm³/mol. The van der Waals surface area contributed by atoms with E-state index in [4.69, 9.17) is 5.26 Å². The number of para-hydroxylation sites is 1. The van der Waals surface area contributed by atoms with Crippen LogP contribution in [-0.4, -0.2) is 29.3 Å². The van der Waals surface area contributed by atoms with E-state index in [1.807, 2.05) is 36.4 Å². The van der Waals surface area contributed by atoms with Gasteiger partial charge < -0.3 is 10.6 Å². The summed E-state index contributed by atoms with van der Waals surface area (Å²) < 4.78 is 0. The Balaban J connectivity index is 1.45. The zero-order chi connectivity index (χ0) is 20.0. The van der Waals surface area contributed by atoms with E-state index in [-0.39, 0.29) is 17.9 Å². The minimum atomic E-state index is -0.910. The van der Waals surface area contributed by atoms with Crippen LogP contribution in [-0.2, 0) is 21.7 Å². The molecule has 3 atom stereocenters. The molecule has 1 spiro atoms. The standard InChI is InChI=1S/C23H22N4O2/c24-13-15-7-9-16(10-8-15)14-25-21(28)19-12-17-4-3-11-27(17)23(19)18-5-1-2-6-20(18)26-22(23)29/h1-2,5-10,17,19H,3-4,11-12,14H2,(H,25,28)(H,26,29)/t17-,19-,23+/m1/s1. The molecule has 146 valence electrons. The van der Waals surface area contributed by atoms with Crippen LogP contribution in [0.4, 0.5) is 5.69 Å². The lowest BCUT2D eigenvalue weighted by Gasteiger charge is -2.36. The Morgan fingerprint density at radius 2 is 2.03 bits per heavy atom. The number of nitrogens with zero attached hydrogens (tertiary/aromatic N) is 2. The van der Waals surface area contributed by atoms with Crippen molar-refractivity contribution >= 4 is 17.5 Å². The van der Waals surface area contributed by atoms with Crippen molar-refractivity contribution < 1.29 is 9.59 Å². The molecule has 0 unspecified atom stereocenters. The molecule has 3 heterocycles. The number of amides is 2. The fourth-order valence-corrected chi connectivity index (χ4v) is 5.39. The van der Waals surface area contributed by atoms with Crippen molar-refractivity contribution in [2.75, 3.05) is 11.9 Å². The first-order valence-corrected chi connectivity index (χ1v) is 10.1. The third-order valence-electron chi connectivity index (χ3n) is 6.64. The lowest BCUT2D eigenvalue weighted by molar-refractivity contribution is -0.137. The van der Waals surface area contributed by atoms with Gasteiger partial charge >= 0.3 is 0 Å². The molecule has 6 heteroatoms. The number of hydrogen-bond acceptors (Lipinski definition) is 4. The van der Waals surface area contributed by atoms with E-state index < -0.39 is 11.5 Å². The maximum atomic E-state index is 13.3. The van der Waals surface area contributed by atoms with Gasteiger partial charge in [0.05, 0.1) is 17.6 Å². The smallest absolute Gasteiger partial charge is 0.250 e. The fourth-order valence-electron chi connectivity index (χ4n) is 5.39. The van der Waals surface area contributed by atoms with Gasteiger partial charge in [0.15, 0.2) is 0 Å². The Kier molecular flexibility index (Phi) is 4.14. The number of rotatable bonds is 3. The number of anilines is 1. The summed E-state index contributed by atoms with van der Waals surface area (Å²) in [7, 11) is 0. The summed E-state index contributed by atoms with van der Waals surface area (Å²) in [5.41, 5.74) is 2.35. The second-order valence-electron chi connectivity index (χ2n) is 8.07. The lowest BCUT2D eigenvalue weighted by atomic mass is 9.78. The van der Waals surface area contributed by atoms with E-state index in [0.29, 0.717) is 18.5 Å². The number of carbonyl (C=O) groups excluding carboxylic acids is 2. The zero-order valence-corrected chi connectivity index (χ0v) is 16.0. The molecule has 0 radical (unpaired) electrons. The molecule has 2 aromatic carbocycles. The van der Waals surface area contributed by atoms with Crippen LogP contribution in [0.3, 0.4) is 0 Å². The highest BCUT2D eigenvalue weighted by molar-refractivity contribution is 6.09. The number of nitriles is 1. The topological polar surface area (TPSA) is 85.2 Å². The summed E-state index contributed by atoms with van der Waals surface area (Å²) in [4.78, 5) is 28.9. The first-order valence-electron chi connectivity index (χ1n) is 10.1. The molecule has 0 aromatic heterocycles. The van der Waals surface area contributed by atoms with E-state index >= 15 is 0 Å². The number of nitrogens with one attached hydrogen (secondary N) is 2. The highest BCUT2D eigenvalue weighted by Gasteiger charge is 2.65. The predicted octanol–water partition coefficient (Wildman–Crippen LogP) is 2.51. The minimum absolute atomic E-state index is 0.0818. The Morgan fingerprint density at radius 3 is 2.83 bits per heavy atom. The largest absolute Gasteiger partial charge is 0.352 e. The van der Waals surface area contributed by atoms with Gasteiger partial charge in [-0.05, 0) is 49.6 Å². The van der Waals surface area contributed by atoms with Gasteiger partial charge in [0.2, 0.25) is 11.8 Å². The van der Waals surface area contributed by atoms with Crippen LogP contribution in [0, 0.1) is 17.2 Å². The molecule has 29 heavy (non-hydrogen) atoms. The van der Waals surface area contributed by atoms with Crippen molar-refractivity contribution in [1.29, 1.82) is 5.26 Å². The van der Waals surface area contributed by atoms with Crippen LogP contribution < -0.4 is 10.6 Å². The van der Waals surface area contributed by atoms with Crippen LogP contribution in [0.15, 0.2) is 48.5 Å². The summed E-state index contributed by atoms with van der Waals surface area (Å²) in [6.07, 6.45) is 2.78. The zero-order valence-electron chi connectivity index (χ0n) is 16.0. The van der Waals surface area contributed by atoms with E-state index in [0.717, 1.165) is 36.2 Å². The molecule has 6 nitrogen and oxygen atoms in total. The Labute approximate surface area is 169 Å². The van der Waals surface area contributed by atoms with Gasteiger partial charge in [-0.3, -0.25) is 14.5 Å². The molecular formula is C23H22N4O2. The number of hydrogen-bond donors (Lipinski definition) is 2. The van der Waals surface area contributed by atoms with Crippen molar-refractivity contribution in [2.45, 2.75) is 37.4 Å². The molecule has 0 aliphatic carbocycles. The van der Waals surface area contributed by atoms with Crippen LogP contribution in [0.1, 0.15) is 36.0 Å². The molecule has 3 aliphatic heterocycles. The molecule has 3 aliphatic rings. The summed E-state index contributed by atoms with van der Waals surface area (Å²) in [5, 5.41) is 15.0. The number of fused-ring (bicyclic) bond motifs is 4. The monoisotopic (exact) mass is 386 g/mol. The molecule has 2 N–H and O–H groups in total. The van der Waals surface area contributed by atoms with Gasteiger partial charge in [-0.25, -0.2) is 0 Å². The van der Waals surface area contributed by atoms with Crippen molar-refractivity contribution in [3.05, 3.63) is 65.2 Å². The van der Waals surface area contributed by atoms with Crippen LogP contribution in [0.5, 0.6) is 0 Å². The number of benzene rings is 2. The highest BCUT2D eigenvalue weighted by atomic mass is 16.2. The average Bonchev–Trinajstić information content (AvgIpc) is 3.41. The van der Waals surface area contributed by atoms with Gasteiger partial charge in [-0.2, -0.15) is 5.26 Å². The fraction of sp³-hybridized carbons (Fsp3) is 0.348. The normalized spacial score (nSPS) is 27.3. The van der Waals surface area contributed by atoms with Gasteiger partial charge in [0.1, 0.15) is 5.54 Å². The molecule has 0 saturated carbocycles. The SMILES string of the molecule is N#Cc1ccc(CNC(=O)[C@H]2C[C@H]3CCCN3[C@]23C(=O)Nc2ccccc23)cc1. The molecule has 2 saturated heterocycles. The van der Waals surface area contributed by atoms with Crippen LogP contribution >= 0.6 is 0 Å². The molecular weight excluding hydrogens is 364 g/mol. The summed E-state index contributed by atoms with van der Waals surface area (Å²) in [6, 6.07) is 17.3. The third kappa shape index (κ3) is 2.58. The van der Waals surface area contributed by atoms with E-state index in [2.05, 4.69) is 21.6 Å². The second kappa shape index (κ2) is 6.71. The van der Waals surface area contributed by atoms with Crippen molar-refractivity contribution in [3.63, 3.8) is 0 Å². The number of carbonyl (C=O) groups is 2. The lowest BCUT2D eigenvalue weighted by Crippen LogP contribution is -2.54. The molecule has 2 fully saturated rings. The van der Waals surface area contributed by atoms with Crippen molar-refractivity contribution in [1.82, 2.24) is 10.2 Å². The highest BCUT2D eigenvalue weighted by Crippen LogP contribution is 2.55. The quantitative estimate of drug-likeness (QED) is 0.849. The van der Waals surface area contributed by atoms with Crippen LogP contribution in [0.25, 0.3) is 0 Å². The Hall–Kier alpha value is -3.17. The van der Waals surface area contributed by atoms with E-state index in [9.17, 15) is 9.59 Å².